The summed E-state index contributed by atoms with van der Waals surface area (Å²) in [5.74, 6) is 0. The first-order chi connectivity index (χ1) is 4.93. The number of ether oxygens (including phenoxy) is 1. The van der Waals surface area contributed by atoms with Crippen molar-refractivity contribution in [3.8, 4) is 0 Å². The Morgan fingerprint density at radius 2 is 1.91 bits per heavy atom. The molecule has 0 atom stereocenters. The Morgan fingerprint density at radius 1 is 1.27 bits per heavy atom. The first-order valence-corrected chi connectivity index (χ1v) is 3.81. The van der Waals surface area contributed by atoms with Crippen LogP contribution < -0.4 is 56.5 Å². The van der Waals surface area contributed by atoms with Crippen molar-refractivity contribution in [2.24, 2.45) is 0 Å². The van der Waals surface area contributed by atoms with Gasteiger partial charge in [-0.1, -0.05) is 6.42 Å². The van der Waals surface area contributed by atoms with Gasteiger partial charge in [-0.2, -0.15) is 0 Å². The van der Waals surface area contributed by atoms with Gasteiger partial charge >= 0.3 is 51.4 Å². The summed E-state index contributed by atoms with van der Waals surface area (Å²) in [6.07, 6.45) is 0.778. The predicted octanol–water partition coefficient (Wildman–Crippen LogP) is -3.93. The van der Waals surface area contributed by atoms with E-state index in [1.807, 2.05) is 0 Å². The zero-order valence-electron chi connectivity index (χ0n) is 7.21. The number of nitrogens with zero attached hydrogens (tertiary/aromatic N) is 1. The molecule has 0 unspecified atom stereocenters. The van der Waals surface area contributed by atoms with Crippen LogP contribution in [0, 0.1) is 0 Å². The molecule has 4 heteroatoms. The second kappa shape index (κ2) is 8.13. The molecule has 0 spiro atoms. The molecular formula is C7H14KNO2. The van der Waals surface area contributed by atoms with Crippen molar-refractivity contribution in [3.05, 3.63) is 0 Å². The van der Waals surface area contributed by atoms with Crippen LogP contribution in [0.2, 0.25) is 0 Å². The minimum Gasteiger partial charge on any atom is -0.854 e. The van der Waals surface area contributed by atoms with Crippen molar-refractivity contribution in [1.82, 2.24) is 4.90 Å². The Kier molecular flexibility index (Phi) is 9.25. The SMILES string of the molecule is [K+].[O-]CCCN1CCOCC1. The Labute approximate surface area is 111 Å². The van der Waals surface area contributed by atoms with E-state index in [0.717, 1.165) is 39.3 Å². The fourth-order valence-corrected chi connectivity index (χ4v) is 1.11. The number of hydrogen-bond donors (Lipinski definition) is 0. The first-order valence-electron chi connectivity index (χ1n) is 3.81. The van der Waals surface area contributed by atoms with Gasteiger partial charge in [-0.3, -0.25) is 4.90 Å². The molecule has 0 radical (unpaired) electrons. The predicted molar refractivity (Wildman–Crippen MR) is 36.7 cm³/mol. The molecule has 0 aromatic rings. The van der Waals surface area contributed by atoms with Crippen LogP contribution in [0.1, 0.15) is 6.42 Å². The van der Waals surface area contributed by atoms with Crippen LogP contribution in [0.5, 0.6) is 0 Å². The summed E-state index contributed by atoms with van der Waals surface area (Å²) in [5.41, 5.74) is 0. The van der Waals surface area contributed by atoms with Crippen molar-refractivity contribution in [1.29, 1.82) is 0 Å². The number of morpholine rings is 1. The van der Waals surface area contributed by atoms with Gasteiger partial charge in [0, 0.05) is 13.1 Å². The topological polar surface area (TPSA) is 35.5 Å². The molecule has 1 rings (SSSR count). The summed E-state index contributed by atoms with van der Waals surface area (Å²) in [5, 5.41) is 10.1. The van der Waals surface area contributed by atoms with E-state index < -0.39 is 0 Å². The van der Waals surface area contributed by atoms with Gasteiger partial charge in [-0.05, 0) is 6.54 Å². The van der Waals surface area contributed by atoms with Gasteiger partial charge in [-0.25, -0.2) is 0 Å². The standard InChI is InChI=1S/C7H14NO2.K/c9-5-1-2-8-3-6-10-7-4-8;/h1-7H2;/q-1;+1. The third kappa shape index (κ3) is 5.71. The molecule has 0 saturated carbocycles. The van der Waals surface area contributed by atoms with Crippen molar-refractivity contribution in [2.75, 3.05) is 39.5 Å². The largest absolute Gasteiger partial charge is 1.00 e. The van der Waals surface area contributed by atoms with Crippen molar-refractivity contribution in [2.45, 2.75) is 6.42 Å². The van der Waals surface area contributed by atoms with Gasteiger partial charge in [-0.15, -0.1) is 6.61 Å². The maximum Gasteiger partial charge on any atom is 1.00 e. The first kappa shape index (κ1) is 12.5. The summed E-state index contributed by atoms with van der Waals surface area (Å²) < 4.78 is 5.16. The summed E-state index contributed by atoms with van der Waals surface area (Å²) in [6, 6.07) is 0. The summed E-state index contributed by atoms with van der Waals surface area (Å²) in [6.45, 7) is 4.67. The monoisotopic (exact) mass is 183 g/mol. The zero-order valence-corrected chi connectivity index (χ0v) is 10.3. The van der Waals surface area contributed by atoms with Crippen LogP contribution in [0.15, 0.2) is 0 Å². The van der Waals surface area contributed by atoms with Gasteiger partial charge in [0.1, 0.15) is 0 Å². The van der Waals surface area contributed by atoms with Crippen LogP contribution >= 0.6 is 0 Å². The zero-order chi connectivity index (χ0) is 7.23. The quantitative estimate of drug-likeness (QED) is 0.419. The molecule has 0 aromatic carbocycles. The minimum absolute atomic E-state index is 0. The molecule has 0 amide bonds. The molecule has 1 saturated heterocycles. The molecule has 0 aliphatic carbocycles. The van der Waals surface area contributed by atoms with E-state index in [-0.39, 0.29) is 58.0 Å². The second-order valence-corrected chi connectivity index (χ2v) is 2.51. The van der Waals surface area contributed by atoms with Crippen LogP contribution in [0.4, 0.5) is 0 Å². The average molecular weight is 183 g/mol. The second-order valence-electron chi connectivity index (χ2n) is 2.51. The van der Waals surface area contributed by atoms with Crippen LogP contribution in [0.25, 0.3) is 0 Å². The summed E-state index contributed by atoms with van der Waals surface area (Å²) in [7, 11) is 0. The van der Waals surface area contributed by atoms with Crippen molar-refractivity contribution >= 4 is 0 Å². The minimum atomic E-state index is 0. The normalized spacial score (nSPS) is 19.4. The van der Waals surface area contributed by atoms with Gasteiger partial charge in [0.15, 0.2) is 0 Å². The van der Waals surface area contributed by atoms with E-state index >= 15 is 0 Å². The third-order valence-electron chi connectivity index (χ3n) is 1.72. The number of hydrogen-bond acceptors (Lipinski definition) is 3. The van der Waals surface area contributed by atoms with E-state index in [4.69, 9.17) is 4.74 Å². The van der Waals surface area contributed by atoms with E-state index in [1.165, 1.54) is 0 Å². The van der Waals surface area contributed by atoms with Crippen LogP contribution in [0.3, 0.4) is 0 Å². The van der Waals surface area contributed by atoms with E-state index in [1.54, 1.807) is 0 Å². The Bertz CT molecular complexity index is 86.5. The molecule has 1 heterocycles. The average Bonchev–Trinajstić information content (AvgIpc) is 2.03. The molecule has 1 fully saturated rings. The molecule has 3 nitrogen and oxygen atoms in total. The van der Waals surface area contributed by atoms with E-state index in [0.29, 0.717) is 0 Å². The smallest absolute Gasteiger partial charge is 0.854 e. The molecular weight excluding hydrogens is 169 g/mol. The van der Waals surface area contributed by atoms with Crippen molar-refractivity contribution in [3.63, 3.8) is 0 Å². The van der Waals surface area contributed by atoms with Crippen LogP contribution in [-0.4, -0.2) is 44.4 Å². The molecule has 11 heavy (non-hydrogen) atoms. The molecule has 1 aliphatic heterocycles. The van der Waals surface area contributed by atoms with Gasteiger partial charge in [0.05, 0.1) is 13.2 Å². The molecule has 0 bridgehead atoms. The molecule has 1 aliphatic rings. The number of rotatable bonds is 3. The summed E-state index contributed by atoms with van der Waals surface area (Å²) >= 11 is 0. The maximum absolute atomic E-state index is 10.1. The molecule has 60 valence electrons. The van der Waals surface area contributed by atoms with Crippen LogP contribution in [-0.2, 0) is 4.74 Å². The van der Waals surface area contributed by atoms with Crippen molar-refractivity contribution < 1.29 is 61.2 Å². The molecule has 0 aromatic heterocycles. The van der Waals surface area contributed by atoms with E-state index in [9.17, 15) is 5.11 Å². The molecule has 0 N–H and O–H groups in total. The van der Waals surface area contributed by atoms with E-state index in [2.05, 4.69) is 4.90 Å². The fraction of sp³-hybridized carbons (Fsp3) is 1.00. The Hall–Kier alpha value is 1.52. The Morgan fingerprint density at radius 3 is 2.45 bits per heavy atom. The van der Waals surface area contributed by atoms with Gasteiger partial charge < -0.3 is 9.84 Å². The fourth-order valence-electron chi connectivity index (χ4n) is 1.11. The van der Waals surface area contributed by atoms with Gasteiger partial charge in [0.25, 0.3) is 0 Å². The third-order valence-corrected chi connectivity index (χ3v) is 1.72. The maximum atomic E-state index is 10.1. The summed E-state index contributed by atoms with van der Waals surface area (Å²) in [4.78, 5) is 2.28. The Balaban J connectivity index is 0.000001000. The van der Waals surface area contributed by atoms with Gasteiger partial charge in [0.2, 0.25) is 0 Å².